The van der Waals surface area contributed by atoms with Crippen LogP contribution in [-0.2, 0) is 16.0 Å². The number of hydrogen-bond acceptors (Lipinski definition) is 5. The molecule has 1 unspecified atom stereocenters. The normalized spacial score (nSPS) is 21.2. The molecule has 0 saturated carbocycles. The van der Waals surface area contributed by atoms with E-state index in [1.54, 1.807) is 0 Å². The van der Waals surface area contributed by atoms with E-state index in [-0.39, 0.29) is 35.6 Å². The Hall–Kier alpha value is -1.10. The van der Waals surface area contributed by atoms with Crippen LogP contribution in [0.1, 0.15) is 30.4 Å². The number of aryl methyl sites for hydroxylation is 1. The fraction of sp³-hybridized carbons (Fsp3) is 0.682. The fourth-order valence-corrected chi connectivity index (χ4v) is 3.88. The third kappa shape index (κ3) is 6.70. The number of benzene rings is 1. The van der Waals surface area contributed by atoms with E-state index in [0.717, 1.165) is 62.9 Å². The van der Waals surface area contributed by atoms with Crippen LogP contribution in [0.25, 0.3) is 0 Å². The highest BCUT2D eigenvalue weighted by Crippen LogP contribution is 2.25. The molecule has 2 heterocycles. The van der Waals surface area contributed by atoms with Gasteiger partial charge in [-0.1, -0.05) is 12.1 Å². The summed E-state index contributed by atoms with van der Waals surface area (Å²) in [5, 5.41) is 6.96. The van der Waals surface area contributed by atoms with Crippen molar-refractivity contribution in [2.45, 2.75) is 44.4 Å². The van der Waals surface area contributed by atoms with Crippen molar-refractivity contribution >= 4 is 29.9 Å². The first-order valence-electron chi connectivity index (χ1n) is 10.6. The molecule has 2 aliphatic heterocycles. The Kier molecular flexibility index (Phi) is 10.1. The van der Waals surface area contributed by atoms with Gasteiger partial charge in [-0.2, -0.15) is 0 Å². The predicted octanol–water partition coefficient (Wildman–Crippen LogP) is 2.56. The maximum atomic E-state index is 6.21. The summed E-state index contributed by atoms with van der Waals surface area (Å²) in [4.78, 5) is 6.72. The van der Waals surface area contributed by atoms with Crippen LogP contribution < -0.4 is 15.4 Å². The molecule has 7 nitrogen and oxygen atoms in total. The molecule has 2 fully saturated rings. The number of nitrogens with zero attached hydrogens (tertiary/aromatic N) is 2. The van der Waals surface area contributed by atoms with Crippen molar-refractivity contribution in [2.24, 2.45) is 4.99 Å². The molecule has 0 aliphatic carbocycles. The van der Waals surface area contributed by atoms with Crippen LogP contribution in [0, 0.1) is 6.92 Å². The SMILES string of the molecule is CN=C(NCc1ccc(C)cc1OC1CCOC1)NCC1(N(C)C)CCOCC1.I. The van der Waals surface area contributed by atoms with E-state index in [2.05, 4.69) is 59.7 Å². The Labute approximate surface area is 197 Å². The van der Waals surface area contributed by atoms with Crippen LogP contribution >= 0.6 is 24.0 Å². The molecule has 1 aromatic carbocycles. The number of hydrogen-bond donors (Lipinski definition) is 2. The molecule has 1 aromatic rings. The highest BCUT2D eigenvalue weighted by Gasteiger charge is 2.34. The molecular formula is C22H37IN4O3. The monoisotopic (exact) mass is 532 g/mol. The highest BCUT2D eigenvalue weighted by atomic mass is 127. The third-order valence-corrected chi connectivity index (χ3v) is 6.03. The molecule has 170 valence electrons. The molecule has 30 heavy (non-hydrogen) atoms. The number of guanidine groups is 1. The lowest BCUT2D eigenvalue weighted by atomic mass is 9.88. The van der Waals surface area contributed by atoms with Crippen LogP contribution in [-0.4, -0.2) is 76.6 Å². The summed E-state index contributed by atoms with van der Waals surface area (Å²) in [5.74, 6) is 1.73. The Balaban J connectivity index is 0.00000320. The van der Waals surface area contributed by atoms with Gasteiger partial charge in [-0.3, -0.25) is 4.99 Å². The summed E-state index contributed by atoms with van der Waals surface area (Å²) in [6, 6.07) is 6.35. The molecule has 0 spiro atoms. The number of rotatable bonds is 7. The summed E-state index contributed by atoms with van der Waals surface area (Å²) in [7, 11) is 6.10. The summed E-state index contributed by atoms with van der Waals surface area (Å²) < 4.78 is 17.2. The molecule has 0 bridgehead atoms. The van der Waals surface area contributed by atoms with Crippen molar-refractivity contribution in [3.63, 3.8) is 0 Å². The van der Waals surface area contributed by atoms with Crippen molar-refractivity contribution < 1.29 is 14.2 Å². The zero-order valence-corrected chi connectivity index (χ0v) is 21.0. The van der Waals surface area contributed by atoms with E-state index >= 15 is 0 Å². The minimum absolute atomic E-state index is 0. The van der Waals surface area contributed by atoms with E-state index in [4.69, 9.17) is 14.2 Å². The van der Waals surface area contributed by atoms with E-state index in [0.29, 0.717) is 13.2 Å². The second kappa shape index (κ2) is 12.1. The van der Waals surface area contributed by atoms with E-state index in [1.807, 2.05) is 7.05 Å². The maximum Gasteiger partial charge on any atom is 0.191 e. The Morgan fingerprint density at radius 2 is 1.97 bits per heavy atom. The lowest BCUT2D eigenvalue weighted by molar-refractivity contribution is -0.00501. The van der Waals surface area contributed by atoms with Crippen molar-refractivity contribution in [1.82, 2.24) is 15.5 Å². The van der Waals surface area contributed by atoms with Crippen LogP contribution in [0.2, 0.25) is 0 Å². The van der Waals surface area contributed by atoms with E-state index in [1.165, 1.54) is 5.56 Å². The summed E-state index contributed by atoms with van der Waals surface area (Å²) in [5.41, 5.74) is 2.41. The number of likely N-dealkylation sites (N-methyl/N-ethyl adjacent to an activating group) is 1. The van der Waals surface area contributed by atoms with Gasteiger partial charge in [0.15, 0.2) is 5.96 Å². The van der Waals surface area contributed by atoms with Crippen LogP contribution in [0.15, 0.2) is 23.2 Å². The van der Waals surface area contributed by atoms with Gasteiger partial charge < -0.3 is 29.7 Å². The Bertz CT molecular complexity index is 687. The molecule has 3 rings (SSSR count). The van der Waals surface area contributed by atoms with Gasteiger partial charge in [0, 0.05) is 50.9 Å². The molecule has 8 heteroatoms. The number of ether oxygens (including phenoxy) is 3. The van der Waals surface area contributed by atoms with Gasteiger partial charge in [0.05, 0.1) is 13.2 Å². The standard InChI is InChI=1S/C22H36N4O3.HI/c1-17-5-6-18(20(13-17)29-19-7-10-28-15-19)14-24-21(23-2)25-16-22(26(3)4)8-11-27-12-9-22;/h5-6,13,19H,7-12,14-16H2,1-4H3,(H2,23,24,25);1H. The average Bonchev–Trinajstić information content (AvgIpc) is 3.23. The lowest BCUT2D eigenvalue weighted by Gasteiger charge is -2.43. The van der Waals surface area contributed by atoms with Gasteiger partial charge in [-0.25, -0.2) is 0 Å². The first-order valence-corrected chi connectivity index (χ1v) is 10.6. The number of halogens is 1. The number of nitrogens with one attached hydrogen (secondary N) is 2. The van der Waals surface area contributed by atoms with Gasteiger partial charge in [-0.05, 0) is 45.5 Å². The molecule has 2 saturated heterocycles. The predicted molar refractivity (Wildman–Crippen MR) is 131 cm³/mol. The minimum atomic E-state index is 0. The van der Waals surface area contributed by atoms with Crippen LogP contribution in [0.5, 0.6) is 5.75 Å². The van der Waals surface area contributed by atoms with Crippen molar-refractivity contribution in [3.05, 3.63) is 29.3 Å². The topological polar surface area (TPSA) is 67.4 Å². The molecular weight excluding hydrogens is 495 g/mol. The average molecular weight is 532 g/mol. The first kappa shape index (κ1) is 25.2. The van der Waals surface area contributed by atoms with Crippen LogP contribution in [0.4, 0.5) is 0 Å². The minimum Gasteiger partial charge on any atom is -0.488 e. The zero-order valence-electron chi connectivity index (χ0n) is 18.7. The molecule has 2 N–H and O–H groups in total. The second-order valence-electron chi connectivity index (χ2n) is 8.23. The fourth-order valence-electron chi connectivity index (χ4n) is 3.88. The Morgan fingerprint density at radius 1 is 1.20 bits per heavy atom. The highest BCUT2D eigenvalue weighted by molar-refractivity contribution is 14.0. The van der Waals surface area contributed by atoms with Gasteiger partial charge in [0.2, 0.25) is 0 Å². The summed E-state index contributed by atoms with van der Waals surface area (Å²) in [6.07, 6.45) is 3.12. The molecule has 0 amide bonds. The van der Waals surface area contributed by atoms with Crippen molar-refractivity contribution in [3.8, 4) is 5.75 Å². The van der Waals surface area contributed by atoms with Crippen molar-refractivity contribution in [2.75, 3.05) is 54.1 Å². The second-order valence-corrected chi connectivity index (χ2v) is 8.23. The first-order chi connectivity index (χ1) is 14.0. The molecule has 0 aromatic heterocycles. The smallest absolute Gasteiger partial charge is 0.191 e. The zero-order chi connectivity index (χ0) is 20.7. The molecule has 0 radical (unpaired) electrons. The quantitative estimate of drug-likeness (QED) is 0.320. The van der Waals surface area contributed by atoms with Crippen LogP contribution in [0.3, 0.4) is 0 Å². The Morgan fingerprint density at radius 3 is 2.60 bits per heavy atom. The maximum absolute atomic E-state index is 6.21. The third-order valence-electron chi connectivity index (χ3n) is 6.03. The van der Waals surface area contributed by atoms with E-state index < -0.39 is 0 Å². The van der Waals surface area contributed by atoms with E-state index in [9.17, 15) is 0 Å². The lowest BCUT2D eigenvalue weighted by Crippen LogP contribution is -2.57. The number of aliphatic imine (C=N–C) groups is 1. The van der Waals surface area contributed by atoms with Gasteiger partial charge in [0.25, 0.3) is 0 Å². The van der Waals surface area contributed by atoms with Crippen molar-refractivity contribution in [1.29, 1.82) is 0 Å². The molecule has 2 aliphatic rings. The largest absolute Gasteiger partial charge is 0.488 e. The van der Waals surface area contributed by atoms with Gasteiger partial charge >= 0.3 is 0 Å². The van der Waals surface area contributed by atoms with Gasteiger partial charge in [-0.15, -0.1) is 24.0 Å². The molecule has 1 atom stereocenters. The summed E-state index contributed by atoms with van der Waals surface area (Å²) in [6.45, 7) is 6.63. The van der Waals surface area contributed by atoms with Gasteiger partial charge in [0.1, 0.15) is 11.9 Å². The summed E-state index contributed by atoms with van der Waals surface area (Å²) >= 11 is 0.